The van der Waals surface area contributed by atoms with Crippen LogP contribution in [-0.4, -0.2) is 17.6 Å². The lowest BCUT2D eigenvalue weighted by Crippen LogP contribution is -2.24. The van der Waals surface area contributed by atoms with E-state index in [1.807, 2.05) is 6.07 Å². The molecule has 1 aromatic heterocycles. The Balaban J connectivity index is 1.99. The zero-order chi connectivity index (χ0) is 13.7. The predicted molar refractivity (Wildman–Crippen MR) is 78.7 cm³/mol. The molecule has 1 heterocycles. The molecule has 106 valence electrons. The fourth-order valence-corrected chi connectivity index (χ4v) is 2.74. The van der Waals surface area contributed by atoms with Gasteiger partial charge in [-0.2, -0.15) is 0 Å². The summed E-state index contributed by atoms with van der Waals surface area (Å²) in [6, 6.07) is 1.96. The van der Waals surface area contributed by atoms with E-state index in [9.17, 15) is 0 Å². The number of rotatable bonds is 5. The van der Waals surface area contributed by atoms with Gasteiger partial charge in [-0.3, -0.25) is 0 Å². The number of ether oxygens (including phenoxy) is 1. The van der Waals surface area contributed by atoms with Gasteiger partial charge in [-0.05, 0) is 37.3 Å². The number of hydrogen-bond donors (Lipinski definition) is 1. The maximum atomic E-state index is 6.14. The number of pyridine rings is 1. The Hall–Kier alpha value is -0.800. The topological polar surface area (TPSA) is 34.1 Å². The van der Waals surface area contributed by atoms with Gasteiger partial charge in [0.25, 0.3) is 0 Å². The summed E-state index contributed by atoms with van der Waals surface area (Å²) >= 11 is 6.14. The van der Waals surface area contributed by atoms with E-state index in [1.54, 1.807) is 6.20 Å². The third-order valence-corrected chi connectivity index (χ3v) is 3.99. The van der Waals surface area contributed by atoms with Crippen molar-refractivity contribution < 1.29 is 4.74 Å². The van der Waals surface area contributed by atoms with Crippen LogP contribution in [0.3, 0.4) is 0 Å². The van der Waals surface area contributed by atoms with Crippen LogP contribution in [0.2, 0.25) is 5.02 Å². The number of nitrogens with one attached hydrogen (secondary N) is 1. The Kier molecular flexibility index (Phi) is 5.46. The molecule has 1 aromatic rings. The summed E-state index contributed by atoms with van der Waals surface area (Å²) in [4.78, 5) is 4.28. The van der Waals surface area contributed by atoms with Crippen LogP contribution in [0.1, 0.15) is 45.1 Å². The van der Waals surface area contributed by atoms with Gasteiger partial charge in [-0.15, -0.1) is 0 Å². The normalized spacial score (nSPS) is 23.3. The Morgan fingerprint density at radius 2 is 2.32 bits per heavy atom. The number of halogens is 1. The zero-order valence-corrected chi connectivity index (χ0v) is 12.5. The van der Waals surface area contributed by atoms with Crippen LogP contribution in [0.25, 0.3) is 0 Å². The van der Waals surface area contributed by atoms with Crippen LogP contribution in [0.15, 0.2) is 12.3 Å². The molecule has 1 saturated carbocycles. The van der Waals surface area contributed by atoms with Gasteiger partial charge in [0.1, 0.15) is 6.10 Å². The van der Waals surface area contributed by atoms with Gasteiger partial charge in [0.05, 0.1) is 5.02 Å². The molecule has 0 aromatic carbocycles. The van der Waals surface area contributed by atoms with E-state index < -0.39 is 0 Å². The summed E-state index contributed by atoms with van der Waals surface area (Å²) in [5, 5.41) is 3.97. The Morgan fingerprint density at radius 1 is 1.47 bits per heavy atom. The van der Waals surface area contributed by atoms with Gasteiger partial charge < -0.3 is 10.1 Å². The fraction of sp³-hybridized carbons (Fsp3) is 0.667. The first-order chi connectivity index (χ1) is 9.19. The fourth-order valence-electron chi connectivity index (χ4n) is 2.57. The first kappa shape index (κ1) is 14.6. The highest BCUT2D eigenvalue weighted by atomic mass is 35.5. The summed E-state index contributed by atoms with van der Waals surface area (Å²) in [5.41, 5.74) is 1.05. The molecule has 1 aliphatic rings. The quantitative estimate of drug-likeness (QED) is 0.892. The molecule has 3 nitrogen and oxygen atoms in total. The van der Waals surface area contributed by atoms with Crippen molar-refractivity contribution in [2.75, 3.05) is 6.54 Å². The third kappa shape index (κ3) is 4.36. The standard InChI is InChI=1S/C15H23ClN2O/c1-3-17-9-12-8-15(18-10-14(12)16)19-13-6-4-5-11(2)7-13/h8,10-11,13,17H,3-7,9H2,1-2H3. The monoisotopic (exact) mass is 282 g/mol. The van der Waals surface area contributed by atoms with Gasteiger partial charge in [0.2, 0.25) is 5.88 Å². The van der Waals surface area contributed by atoms with Crippen LogP contribution >= 0.6 is 11.6 Å². The number of aromatic nitrogens is 1. The molecule has 2 unspecified atom stereocenters. The lowest BCUT2D eigenvalue weighted by Gasteiger charge is -2.27. The van der Waals surface area contributed by atoms with Crippen molar-refractivity contribution in [3.8, 4) is 5.88 Å². The average molecular weight is 283 g/mol. The summed E-state index contributed by atoms with van der Waals surface area (Å²) in [5.74, 6) is 1.46. The lowest BCUT2D eigenvalue weighted by molar-refractivity contribution is 0.124. The van der Waals surface area contributed by atoms with Gasteiger partial charge >= 0.3 is 0 Å². The molecule has 0 saturated heterocycles. The van der Waals surface area contributed by atoms with Crippen LogP contribution in [0.4, 0.5) is 0 Å². The maximum Gasteiger partial charge on any atom is 0.213 e. The van der Waals surface area contributed by atoms with Crippen molar-refractivity contribution in [3.05, 3.63) is 22.8 Å². The number of nitrogens with zero attached hydrogens (tertiary/aromatic N) is 1. The molecule has 0 radical (unpaired) electrons. The molecule has 0 bridgehead atoms. The Morgan fingerprint density at radius 3 is 3.05 bits per heavy atom. The number of hydrogen-bond acceptors (Lipinski definition) is 3. The van der Waals surface area contributed by atoms with Crippen LogP contribution in [0.5, 0.6) is 5.88 Å². The highest BCUT2D eigenvalue weighted by Crippen LogP contribution is 2.27. The molecule has 2 rings (SSSR count). The predicted octanol–water partition coefficient (Wildman–Crippen LogP) is 3.80. The van der Waals surface area contributed by atoms with E-state index >= 15 is 0 Å². The van der Waals surface area contributed by atoms with Crippen molar-refractivity contribution in [1.29, 1.82) is 0 Å². The van der Waals surface area contributed by atoms with Crippen molar-refractivity contribution in [2.24, 2.45) is 5.92 Å². The van der Waals surface area contributed by atoms with Crippen LogP contribution < -0.4 is 10.1 Å². The molecule has 0 spiro atoms. The maximum absolute atomic E-state index is 6.14. The molecule has 0 aliphatic heterocycles. The van der Waals surface area contributed by atoms with Crippen LogP contribution in [0, 0.1) is 5.92 Å². The van der Waals surface area contributed by atoms with E-state index in [4.69, 9.17) is 16.3 Å². The van der Waals surface area contributed by atoms with Gasteiger partial charge in [-0.1, -0.05) is 31.9 Å². The lowest BCUT2D eigenvalue weighted by atomic mass is 9.89. The van der Waals surface area contributed by atoms with E-state index in [1.165, 1.54) is 12.8 Å². The van der Waals surface area contributed by atoms with Crippen molar-refractivity contribution >= 4 is 11.6 Å². The van der Waals surface area contributed by atoms with Crippen molar-refractivity contribution in [3.63, 3.8) is 0 Å². The first-order valence-corrected chi connectivity index (χ1v) is 7.58. The average Bonchev–Trinajstić information content (AvgIpc) is 2.39. The molecule has 0 amide bonds. The minimum Gasteiger partial charge on any atom is -0.474 e. The SMILES string of the molecule is CCNCc1cc(OC2CCCC(C)C2)ncc1Cl. The van der Waals surface area contributed by atoms with Crippen molar-refractivity contribution in [1.82, 2.24) is 10.3 Å². The second-order valence-electron chi connectivity index (χ2n) is 5.41. The smallest absolute Gasteiger partial charge is 0.213 e. The highest BCUT2D eigenvalue weighted by molar-refractivity contribution is 6.31. The van der Waals surface area contributed by atoms with E-state index in [0.29, 0.717) is 17.0 Å². The molecule has 4 heteroatoms. The molecule has 1 fully saturated rings. The summed E-state index contributed by atoms with van der Waals surface area (Å²) in [6.45, 7) is 6.06. The van der Waals surface area contributed by atoms with Crippen molar-refractivity contribution in [2.45, 2.75) is 52.2 Å². The minimum absolute atomic E-state index is 0.310. The molecular weight excluding hydrogens is 260 g/mol. The summed E-state index contributed by atoms with van der Waals surface area (Å²) in [7, 11) is 0. The second-order valence-corrected chi connectivity index (χ2v) is 5.81. The van der Waals surface area contributed by atoms with E-state index in [2.05, 4.69) is 24.1 Å². The van der Waals surface area contributed by atoms with Gasteiger partial charge in [0.15, 0.2) is 0 Å². The first-order valence-electron chi connectivity index (χ1n) is 7.20. The third-order valence-electron chi connectivity index (χ3n) is 3.65. The van der Waals surface area contributed by atoms with E-state index in [0.717, 1.165) is 37.4 Å². The molecule has 1 N–H and O–H groups in total. The molecular formula is C15H23ClN2O. The molecule has 2 atom stereocenters. The second kappa shape index (κ2) is 7.11. The van der Waals surface area contributed by atoms with Crippen LogP contribution in [-0.2, 0) is 6.54 Å². The molecule has 1 aliphatic carbocycles. The zero-order valence-electron chi connectivity index (χ0n) is 11.8. The highest BCUT2D eigenvalue weighted by Gasteiger charge is 2.20. The Bertz CT molecular complexity index is 411. The molecule has 19 heavy (non-hydrogen) atoms. The van der Waals surface area contributed by atoms with Gasteiger partial charge in [0, 0.05) is 18.8 Å². The largest absolute Gasteiger partial charge is 0.474 e. The Labute approximate surface area is 120 Å². The summed E-state index contributed by atoms with van der Waals surface area (Å²) in [6.07, 6.45) is 6.84. The van der Waals surface area contributed by atoms with E-state index in [-0.39, 0.29) is 0 Å². The van der Waals surface area contributed by atoms with Gasteiger partial charge in [-0.25, -0.2) is 4.98 Å². The minimum atomic E-state index is 0.310. The summed E-state index contributed by atoms with van der Waals surface area (Å²) < 4.78 is 6.00.